The van der Waals surface area contributed by atoms with Crippen molar-refractivity contribution in [2.45, 2.75) is 49.1 Å². The number of carbonyl (C=O) groups is 1. The number of sulfone groups is 1. The second-order valence-corrected chi connectivity index (χ2v) is 12.9. The minimum Gasteiger partial charge on any atom is -0.334 e. The van der Waals surface area contributed by atoms with Crippen molar-refractivity contribution >= 4 is 42.2 Å². The molecule has 0 N–H and O–H groups in total. The smallest absolute Gasteiger partial charge is 0.266 e. The molecule has 0 radical (unpaired) electrons. The summed E-state index contributed by atoms with van der Waals surface area (Å²) in [6.07, 6.45) is 5.47. The van der Waals surface area contributed by atoms with Gasteiger partial charge >= 0.3 is 0 Å². The Bertz CT molecular complexity index is 1110. The summed E-state index contributed by atoms with van der Waals surface area (Å²) in [7, 11) is -7.19. The molecule has 4 rings (SSSR count). The number of hydrogen-bond acceptors (Lipinski definition) is 7. The van der Waals surface area contributed by atoms with Gasteiger partial charge in [0.1, 0.15) is 6.54 Å². The van der Waals surface area contributed by atoms with E-state index in [0.29, 0.717) is 6.42 Å². The SMILES string of the molecule is O=C(CN(c1nccs1)S(=O)(=O)c1ccccc1)N(C1CCCC1)C1CCS(=O)(=O)C1. The van der Waals surface area contributed by atoms with Crippen molar-refractivity contribution in [3.8, 4) is 0 Å². The molecule has 1 unspecified atom stereocenters. The first-order valence-corrected chi connectivity index (χ1v) is 14.4. The molecular formula is C20H25N3O5S3. The maximum Gasteiger partial charge on any atom is 0.266 e. The molecule has 0 bridgehead atoms. The van der Waals surface area contributed by atoms with E-state index in [1.165, 1.54) is 18.3 Å². The van der Waals surface area contributed by atoms with Gasteiger partial charge in [0, 0.05) is 23.7 Å². The number of amides is 1. The topological polar surface area (TPSA) is 105 Å². The lowest BCUT2D eigenvalue weighted by Gasteiger charge is -2.35. The van der Waals surface area contributed by atoms with E-state index in [-0.39, 0.29) is 33.5 Å². The molecule has 8 nitrogen and oxygen atoms in total. The molecular weight excluding hydrogens is 458 g/mol. The Morgan fingerprint density at radius 1 is 1.10 bits per heavy atom. The summed E-state index contributed by atoms with van der Waals surface area (Å²) >= 11 is 1.14. The molecule has 1 saturated carbocycles. The van der Waals surface area contributed by atoms with E-state index < -0.39 is 32.4 Å². The fraction of sp³-hybridized carbons (Fsp3) is 0.500. The lowest BCUT2D eigenvalue weighted by molar-refractivity contribution is -0.133. The van der Waals surface area contributed by atoms with Crippen molar-refractivity contribution in [3.63, 3.8) is 0 Å². The van der Waals surface area contributed by atoms with Gasteiger partial charge in [-0.3, -0.25) is 4.79 Å². The highest BCUT2D eigenvalue weighted by atomic mass is 32.2. The third-order valence-electron chi connectivity index (χ3n) is 5.85. The van der Waals surface area contributed by atoms with Gasteiger partial charge in [-0.2, -0.15) is 0 Å². The number of rotatable bonds is 7. The second kappa shape index (κ2) is 8.87. The van der Waals surface area contributed by atoms with E-state index in [9.17, 15) is 21.6 Å². The van der Waals surface area contributed by atoms with Crippen molar-refractivity contribution in [2.24, 2.45) is 0 Å². The van der Waals surface area contributed by atoms with E-state index in [1.807, 2.05) is 0 Å². The molecule has 1 aliphatic heterocycles. The predicted octanol–water partition coefficient (Wildman–Crippen LogP) is 2.30. The normalized spacial score (nSPS) is 21.2. The Balaban J connectivity index is 1.66. The van der Waals surface area contributed by atoms with Crippen LogP contribution in [-0.4, -0.2) is 62.8 Å². The van der Waals surface area contributed by atoms with Gasteiger partial charge < -0.3 is 4.90 Å². The molecule has 1 amide bonds. The largest absolute Gasteiger partial charge is 0.334 e. The number of thiazole rings is 1. The van der Waals surface area contributed by atoms with Crippen molar-refractivity contribution in [1.29, 1.82) is 0 Å². The van der Waals surface area contributed by atoms with Gasteiger partial charge in [0.05, 0.1) is 16.4 Å². The summed E-state index contributed by atoms with van der Waals surface area (Å²) in [5.41, 5.74) is 0. The first kappa shape index (κ1) is 22.2. The zero-order valence-corrected chi connectivity index (χ0v) is 19.4. The maximum absolute atomic E-state index is 13.5. The molecule has 2 aromatic rings. The highest BCUT2D eigenvalue weighted by Gasteiger charge is 2.40. The Hall–Kier alpha value is -1.98. The highest BCUT2D eigenvalue weighted by Crippen LogP contribution is 2.31. The number of carbonyl (C=O) groups excluding carboxylic acids is 1. The minimum absolute atomic E-state index is 0.0524. The van der Waals surface area contributed by atoms with Crippen LogP contribution in [-0.2, 0) is 24.7 Å². The monoisotopic (exact) mass is 483 g/mol. The van der Waals surface area contributed by atoms with Crippen molar-refractivity contribution in [3.05, 3.63) is 41.9 Å². The van der Waals surface area contributed by atoms with Crippen LogP contribution in [0.4, 0.5) is 5.13 Å². The fourth-order valence-corrected chi connectivity index (χ4v) is 8.37. The summed E-state index contributed by atoms with van der Waals surface area (Å²) in [6.45, 7) is -0.405. The summed E-state index contributed by atoms with van der Waals surface area (Å²) in [6, 6.07) is 7.49. The molecule has 1 aromatic carbocycles. The number of sulfonamides is 1. The van der Waals surface area contributed by atoms with E-state index in [1.54, 1.807) is 28.5 Å². The van der Waals surface area contributed by atoms with Crippen LogP contribution >= 0.6 is 11.3 Å². The van der Waals surface area contributed by atoms with Crippen molar-refractivity contribution in [2.75, 3.05) is 22.4 Å². The quantitative estimate of drug-likeness (QED) is 0.598. The highest BCUT2D eigenvalue weighted by molar-refractivity contribution is 7.93. The summed E-state index contributed by atoms with van der Waals surface area (Å²) in [4.78, 5) is 19.4. The molecule has 168 valence electrons. The van der Waals surface area contributed by atoms with Crippen LogP contribution in [0.5, 0.6) is 0 Å². The van der Waals surface area contributed by atoms with Crippen LogP contribution in [0, 0.1) is 0 Å². The average molecular weight is 484 g/mol. The number of anilines is 1. The van der Waals surface area contributed by atoms with Crippen LogP contribution in [0.3, 0.4) is 0 Å². The number of aromatic nitrogens is 1. The van der Waals surface area contributed by atoms with Gasteiger partial charge in [-0.15, -0.1) is 11.3 Å². The zero-order chi connectivity index (χ0) is 22.1. The third kappa shape index (κ3) is 4.78. The molecule has 2 fully saturated rings. The van der Waals surface area contributed by atoms with Gasteiger partial charge in [0.15, 0.2) is 15.0 Å². The number of benzene rings is 1. The summed E-state index contributed by atoms with van der Waals surface area (Å²) in [5, 5.41) is 1.87. The first-order chi connectivity index (χ1) is 14.8. The second-order valence-electron chi connectivity index (χ2n) is 7.94. The molecule has 0 spiro atoms. The average Bonchev–Trinajstić information content (AvgIpc) is 3.50. The molecule has 11 heteroatoms. The van der Waals surface area contributed by atoms with Gasteiger partial charge in [-0.25, -0.2) is 26.1 Å². The lowest BCUT2D eigenvalue weighted by Crippen LogP contribution is -2.51. The van der Waals surface area contributed by atoms with E-state index in [2.05, 4.69) is 4.98 Å². The van der Waals surface area contributed by atoms with Crippen LogP contribution in [0.15, 0.2) is 46.8 Å². The Morgan fingerprint density at radius 3 is 2.39 bits per heavy atom. The summed E-state index contributed by atoms with van der Waals surface area (Å²) in [5.74, 6) is -0.367. The van der Waals surface area contributed by atoms with Crippen LogP contribution in [0.1, 0.15) is 32.1 Å². The fourth-order valence-electron chi connectivity index (χ4n) is 4.40. The van der Waals surface area contributed by atoms with Gasteiger partial charge in [-0.1, -0.05) is 31.0 Å². The Morgan fingerprint density at radius 2 is 1.81 bits per heavy atom. The molecule has 1 aromatic heterocycles. The zero-order valence-electron chi connectivity index (χ0n) is 17.0. The molecule has 2 heterocycles. The van der Waals surface area contributed by atoms with E-state index in [4.69, 9.17) is 0 Å². The van der Waals surface area contributed by atoms with Crippen molar-refractivity contribution in [1.82, 2.24) is 9.88 Å². The minimum atomic E-state index is -4.01. The van der Waals surface area contributed by atoms with Crippen LogP contribution < -0.4 is 4.31 Å². The van der Waals surface area contributed by atoms with Crippen LogP contribution in [0.2, 0.25) is 0 Å². The van der Waals surface area contributed by atoms with E-state index in [0.717, 1.165) is 41.3 Å². The molecule has 2 aliphatic rings. The molecule has 1 saturated heterocycles. The first-order valence-electron chi connectivity index (χ1n) is 10.3. The maximum atomic E-state index is 13.5. The Labute approximate surface area is 186 Å². The standard InChI is InChI=1S/C20H25N3O5S3/c24-19(23(16-6-4-5-7-16)17-10-13-30(25,26)15-17)14-22(20-21-11-12-29-20)31(27,28)18-8-2-1-3-9-18/h1-3,8-9,11-12,16-17H,4-7,10,13-15H2. The lowest BCUT2D eigenvalue weighted by atomic mass is 10.1. The van der Waals surface area contributed by atoms with Crippen molar-refractivity contribution < 1.29 is 21.6 Å². The molecule has 1 aliphatic carbocycles. The molecule has 1 atom stereocenters. The van der Waals surface area contributed by atoms with Gasteiger partial charge in [-0.05, 0) is 31.4 Å². The summed E-state index contributed by atoms with van der Waals surface area (Å²) < 4.78 is 51.9. The van der Waals surface area contributed by atoms with Crippen LogP contribution in [0.25, 0.3) is 0 Å². The van der Waals surface area contributed by atoms with Gasteiger partial charge in [0.2, 0.25) is 5.91 Å². The Kier molecular flexibility index (Phi) is 6.36. The van der Waals surface area contributed by atoms with E-state index >= 15 is 0 Å². The number of nitrogens with zero attached hydrogens (tertiary/aromatic N) is 3. The third-order valence-corrected chi connectivity index (χ3v) is 10.3. The van der Waals surface area contributed by atoms with Gasteiger partial charge in [0.25, 0.3) is 10.0 Å². The predicted molar refractivity (Wildman–Crippen MR) is 119 cm³/mol. The molecule has 31 heavy (non-hydrogen) atoms. The number of hydrogen-bond donors (Lipinski definition) is 0.